The molecule has 0 amide bonds. The summed E-state index contributed by atoms with van der Waals surface area (Å²) in [6.45, 7) is 1.26. The molecule has 6 nitrogen and oxygen atoms in total. The molecule has 2 aromatic carbocycles. The van der Waals surface area contributed by atoms with Gasteiger partial charge >= 0.3 is 5.97 Å². The Kier molecular flexibility index (Phi) is 7.25. The smallest absolute Gasteiger partial charge is 0.336 e. The van der Waals surface area contributed by atoms with Crippen molar-refractivity contribution in [2.24, 2.45) is 0 Å². The van der Waals surface area contributed by atoms with E-state index >= 15 is 0 Å². The molecule has 2 rings (SSSR count). The second kappa shape index (κ2) is 9.64. The van der Waals surface area contributed by atoms with Gasteiger partial charge in [-0.15, -0.1) is 0 Å². The van der Waals surface area contributed by atoms with E-state index in [1.54, 1.807) is 62.8 Å². The number of likely N-dealkylation sites (N-methyl/N-ethyl adjacent to an activating group) is 1. The third kappa shape index (κ3) is 5.76. The maximum absolute atomic E-state index is 11.8. The minimum Gasteiger partial charge on any atom is -0.497 e. The molecule has 0 aliphatic rings. The number of methoxy groups -OCH3 is 2. The van der Waals surface area contributed by atoms with E-state index in [-0.39, 0.29) is 5.57 Å². The van der Waals surface area contributed by atoms with Crippen molar-refractivity contribution in [2.75, 3.05) is 41.5 Å². The average molecular weight is 371 g/mol. The number of hydrogen-bond acceptors (Lipinski definition) is 5. The highest BCUT2D eigenvalue weighted by Gasteiger charge is 2.12. The number of ether oxygens (including phenoxy) is 3. The number of benzene rings is 2. The van der Waals surface area contributed by atoms with Crippen LogP contribution in [0.25, 0.3) is 11.6 Å². The van der Waals surface area contributed by atoms with Crippen LogP contribution in [0.5, 0.6) is 17.2 Å². The Labute approximate surface area is 159 Å². The predicted octanol–water partition coefficient (Wildman–Crippen LogP) is 3.27. The zero-order chi connectivity index (χ0) is 19.8. The molecule has 0 saturated heterocycles. The minimum atomic E-state index is -1.01. The van der Waals surface area contributed by atoms with Crippen molar-refractivity contribution < 1.29 is 24.1 Å². The molecular formula is C21H25NO5. The van der Waals surface area contributed by atoms with E-state index in [2.05, 4.69) is 0 Å². The Balaban J connectivity index is 2.33. The Hall–Kier alpha value is -2.99. The van der Waals surface area contributed by atoms with E-state index in [0.29, 0.717) is 35.0 Å². The van der Waals surface area contributed by atoms with Crippen molar-refractivity contribution in [2.45, 2.75) is 0 Å². The van der Waals surface area contributed by atoms with Crippen molar-refractivity contribution in [3.05, 3.63) is 53.6 Å². The second-order valence-electron chi connectivity index (χ2n) is 6.15. The lowest BCUT2D eigenvalue weighted by molar-refractivity contribution is -0.130. The van der Waals surface area contributed by atoms with E-state index in [4.69, 9.17) is 14.2 Å². The number of carbonyl (C=O) groups is 1. The van der Waals surface area contributed by atoms with Gasteiger partial charge in [0.2, 0.25) is 0 Å². The predicted molar refractivity (Wildman–Crippen MR) is 106 cm³/mol. The van der Waals surface area contributed by atoms with Crippen LogP contribution in [0.15, 0.2) is 42.5 Å². The van der Waals surface area contributed by atoms with E-state index in [0.717, 1.165) is 6.54 Å². The fraction of sp³-hybridized carbons (Fsp3) is 0.286. The lowest BCUT2D eigenvalue weighted by Gasteiger charge is -2.14. The van der Waals surface area contributed by atoms with Gasteiger partial charge in [-0.2, -0.15) is 0 Å². The monoisotopic (exact) mass is 371 g/mol. The summed E-state index contributed by atoms with van der Waals surface area (Å²) in [5, 5.41) is 9.63. The Morgan fingerprint density at radius 1 is 1.04 bits per heavy atom. The van der Waals surface area contributed by atoms with Gasteiger partial charge in [0.1, 0.15) is 12.4 Å². The molecule has 0 aliphatic heterocycles. The molecule has 27 heavy (non-hydrogen) atoms. The Bertz CT molecular complexity index is 797. The van der Waals surface area contributed by atoms with Crippen molar-refractivity contribution >= 4 is 17.6 Å². The number of nitrogens with zero attached hydrogens (tertiary/aromatic N) is 1. The number of carboxylic acids is 1. The van der Waals surface area contributed by atoms with Crippen molar-refractivity contribution in [3.8, 4) is 17.2 Å². The third-order valence-corrected chi connectivity index (χ3v) is 3.93. The first kappa shape index (κ1) is 20.3. The molecular weight excluding hydrogens is 346 g/mol. The molecule has 0 heterocycles. The molecule has 0 fully saturated rings. The summed E-state index contributed by atoms with van der Waals surface area (Å²) in [6, 6.07) is 12.2. The average Bonchev–Trinajstić information content (AvgIpc) is 2.66. The van der Waals surface area contributed by atoms with E-state index in [1.165, 1.54) is 0 Å². The molecule has 0 aromatic heterocycles. The van der Waals surface area contributed by atoms with E-state index in [1.807, 2.05) is 19.0 Å². The zero-order valence-corrected chi connectivity index (χ0v) is 16.1. The molecule has 0 aliphatic carbocycles. The summed E-state index contributed by atoms with van der Waals surface area (Å²) >= 11 is 0. The number of hydrogen-bond donors (Lipinski definition) is 1. The highest BCUT2D eigenvalue weighted by molar-refractivity contribution is 6.20. The largest absolute Gasteiger partial charge is 0.497 e. The summed E-state index contributed by atoms with van der Waals surface area (Å²) in [7, 11) is 7.07. The number of aliphatic carboxylic acids is 1. The van der Waals surface area contributed by atoms with Crippen LogP contribution >= 0.6 is 0 Å². The van der Waals surface area contributed by atoms with Crippen LogP contribution in [0.3, 0.4) is 0 Å². The first-order valence-electron chi connectivity index (χ1n) is 8.49. The van der Waals surface area contributed by atoms with Crippen molar-refractivity contribution in [3.63, 3.8) is 0 Å². The first-order valence-corrected chi connectivity index (χ1v) is 8.49. The van der Waals surface area contributed by atoms with E-state index < -0.39 is 5.97 Å². The normalized spacial score (nSPS) is 11.4. The Morgan fingerprint density at radius 3 is 2.30 bits per heavy atom. The Morgan fingerprint density at radius 2 is 1.74 bits per heavy atom. The molecule has 0 atom stereocenters. The molecule has 0 unspecified atom stereocenters. The second-order valence-corrected chi connectivity index (χ2v) is 6.15. The van der Waals surface area contributed by atoms with Crippen molar-refractivity contribution in [1.82, 2.24) is 4.90 Å². The van der Waals surface area contributed by atoms with Gasteiger partial charge in [-0.25, -0.2) is 4.79 Å². The van der Waals surface area contributed by atoms with Gasteiger partial charge in [-0.05, 0) is 55.6 Å². The molecule has 0 bridgehead atoms. The molecule has 2 aromatic rings. The quantitative estimate of drug-likeness (QED) is 0.539. The summed E-state index contributed by atoms with van der Waals surface area (Å²) in [6.07, 6.45) is 1.61. The number of rotatable bonds is 9. The molecule has 6 heteroatoms. The summed E-state index contributed by atoms with van der Waals surface area (Å²) < 4.78 is 16.3. The van der Waals surface area contributed by atoms with E-state index in [9.17, 15) is 9.90 Å². The van der Waals surface area contributed by atoms with Gasteiger partial charge in [-0.3, -0.25) is 0 Å². The molecule has 0 radical (unpaired) electrons. The van der Waals surface area contributed by atoms with Crippen LogP contribution in [0.2, 0.25) is 0 Å². The molecule has 0 spiro atoms. The summed E-state index contributed by atoms with van der Waals surface area (Å²) in [5.41, 5.74) is 1.49. The van der Waals surface area contributed by atoms with Gasteiger partial charge in [-0.1, -0.05) is 18.2 Å². The minimum absolute atomic E-state index is 0.182. The lowest BCUT2D eigenvalue weighted by atomic mass is 10.0. The summed E-state index contributed by atoms with van der Waals surface area (Å²) in [4.78, 5) is 13.8. The maximum atomic E-state index is 11.8. The zero-order valence-electron chi connectivity index (χ0n) is 16.1. The molecule has 0 saturated carbocycles. The van der Waals surface area contributed by atoms with Gasteiger partial charge in [0.15, 0.2) is 11.5 Å². The van der Waals surface area contributed by atoms with Gasteiger partial charge in [0, 0.05) is 6.54 Å². The van der Waals surface area contributed by atoms with Crippen LogP contribution in [0.4, 0.5) is 0 Å². The maximum Gasteiger partial charge on any atom is 0.336 e. The molecule has 144 valence electrons. The SMILES string of the molecule is COc1ccc(/C(=C/c2ccc(OC)c(OCCN(C)C)c2)C(=O)O)cc1. The van der Waals surface area contributed by atoms with Crippen LogP contribution in [-0.2, 0) is 4.79 Å². The first-order chi connectivity index (χ1) is 12.9. The molecule has 1 N–H and O–H groups in total. The van der Waals surface area contributed by atoms with Gasteiger partial charge in [0.25, 0.3) is 0 Å². The van der Waals surface area contributed by atoms with Gasteiger partial charge < -0.3 is 24.2 Å². The van der Waals surface area contributed by atoms with Gasteiger partial charge in [0.05, 0.1) is 19.8 Å². The summed E-state index contributed by atoms with van der Waals surface area (Å²) in [5.74, 6) is 0.843. The van der Waals surface area contributed by atoms with Crippen LogP contribution < -0.4 is 14.2 Å². The van der Waals surface area contributed by atoms with Crippen LogP contribution in [0, 0.1) is 0 Å². The highest BCUT2D eigenvalue weighted by Crippen LogP contribution is 2.30. The topological polar surface area (TPSA) is 68.2 Å². The van der Waals surface area contributed by atoms with Crippen LogP contribution in [0.1, 0.15) is 11.1 Å². The lowest BCUT2D eigenvalue weighted by Crippen LogP contribution is -2.19. The van der Waals surface area contributed by atoms with Crippen LogP contribution in [-0.4, -0.2) is 57.4 Å². The highest BCUT2D eigenvalue weighted by atomic mass is 16.5. The third-order valence-electron chi connectivity index (χ3n) is 3.93. The fourth-order valence-corrected chi connectivity index (χ4v) is 2.44. The van der Waals surface area contributed by atoms with Crippen molar-refractivity contribution in [1.29, 1.82) is 0 Å². The standard InChI is InChI=1S/C21H25NO5/c1-22(2)11-12-27-20-14-15(5-10-19(20)26-4)13-18(21(23)24)16-6-8-17(25-3)9-7-16/h5-10,13-14H,11-12H2,1-4H3,(H,23,24)/b18-13-. The number of carboxylic acid groups (broad SMARTS) is 1. The fourth-order valence-electron chi connectivity index (χ4n) is 2.44.